The van der Waals surface area contributed by atoms with Crippen LogP contribution in [0.1, 0.15) is 24.5 Å². The first-order chi connectivity index (χ1) is 9.78. The third kappa shape index (κ3) is 4.94. The van der Waals surface area contributed by atoms with E-state index in [1.807, 2.05) is 36.4 Å². The summed E-state index contributed by atoms with van der Waals surface area (Å²) in [6, 6.07) is 12.1. The van der Waals surface area contributed by atoms with Gasteiger partial charge in [0.25, 0.3) is 0 Å². The van der Waals surface area contributed by atoms with Gasteiger partial charge in [-0.3, -0.25) is 0 Å². The molecule has 106 valence electrons. The minimum atomic E-state index is 0.526. The van der Waals surface area contributed by atoms with Gasteiger partial charge in [0.05, 0.1) is 0 Å². The van der Waals surface area contributed by atoms with Crippen molar-refractivity contribution in [2.75, 3.05) is 6.54 Å². The van der Waals surface area contributed by atoms with Crippen LogP contribution in [-0.2, 0) is 13.2 Å². The Balaban J connectivity index is 1.91. The fourth-order valence-electron chi connectivity index (χ4n) is 1.83. The molecule has 20 heavy (non-hydrogen) atoms. The van der Waals surface area contributed by atoms with E-state index in [1.165, 1.54) is 5.56 Å². The third-order valence-electron chi connectivity index (χ3n) is 2.83. The SMILES string of the molecule is CCCNCc1ccnc(OCc2cccc(Br)c2)c1. The van der Waals surface area contributed by atoms with Crippen LogP contribution >= 0.6 is 15.9 Å². The number of aromatic nitrogens is 1. The van der Waals surface area contributed by atoms with Gasteiger partial charge in [-0.15, -0.1) is 0 Å². The minimum Gasteiger partial charge on any atom is -0.473 e. The summed E-state index contributed by atoms with van der Waals surface area (Å²) in [7, 11) is 0. The van der Waals surface area contributed by atoms with Crippen LogP contribution in [0, 0.1) is 0 Å². The monoisotopic (exact) mass is 334 g/mol. The van der Waals surface area contributed by atoms with Crippen LogP contribution in [0.3, 0.4) is 0 Å². The lowest BCUT2D eigenvalue weighted by atomic mass is 10.2. The molecular formula is C16H19BrN2O. The lowest BCUT2D eigenvalue weighted by Gasteiger charge is -2.08. The average molecular weight is 335 g/mol. The van der Waals surface area contributed by atoms with E-state index in [0.29, 0.717) is 12.5 Å². The second kappa shape index (κ2) is 8.02. The number of nitrogens with one attached hydrogen (secondary N) is 1. The van der Waals surface area contributed by atoms with Crippen molar-refractivity contribution >= 4 is 15.9 Å². The number of rotatable bonds is 7. The third-order valence-corrected chi connectivity index (χ3v) is 3.32. The number of hydrogen-bond donors (Lipinski definition) is 1. The maximum atomic E-state index is 5.73. The minimum absolute atomic E-state index is 0.526. The van der Waals surface area contributed by atoms with Crippen LogP contribution in [0.4, 0.5) is 0 Å². The fourth-order valence-corrected chi connectivity index (χ4v) is 2.28. The van der Waals surface area contributed by atoms with Crippen LogP contribution in [0.2, 0.25) is 0 Å². The normalized spacial score (nSPS) is 10.5. The van der Waals surface area contributed by atoms with Crippen molar-refractivity contribution in [1.29, 1.82) is 0 Å². The molecule has 0 aliphatic heterocycles. The van der Waals surface area contributed by atoms with Gasteiger partial charge in [0.1, 0.15) is 6.61 Å². The first-order valence-corrected chi connectivity index (χ1v) is 7.60. The van der Waals surface area contributed by atoms with E-state index in [-0.39, 0.29) is 0 Å². The van der Waals surface area contributed by atoms with Crippen molar-refractivity contribution in [2.24, 2.45) is 0 Å². The summed E-state index contributed by atoms with van der Waals surface area (Å²) in [6.45, 7) is 4.56. The molecule has 0 fully saturated rings. The molecule has 0 amide bonds. The highest BCUT2D eigenvalue weighted by Crippen LogP contribution is 2.15. The molecular weight excluding hydrogens is 316 g/mol. The van der Waals surface area contributed by atoms with Gasteiger partial charge in [-0.25, -0.2) is 4.98 Å². The van der Waals surface area contributed by atoms with Gasteiger partial charge < -0.3 is 10.1 Å². The Morgan fingerprint density at radius 1 is 1.20 bits per heavy atom. The second-order valence-electron chi connectivity index (χ2n) is 4.60. The molecule has 0 saturated heterocycles. The maximum absolute atomic E-state index is 5.73. The number of hydrogen-bond acceptors (Lipinski definition) is 3. The van der Waals surface area contributed by atoms with Gasteiger partial charge in [0, 0.05) is 23.3 Å². The van der Waals surface area contributed by atoms with Crippen LogP contribution in [0.5, 0.6) is 5.88 Å². The van der Waals surface area contributed by atoms with Crippen molar-refractivity contribution in [3.05, 3.63) is 58.2 Å². The zero-order valence-electron chi connectivity index (χ0n) is 11.6. The number of nitrogens with zero attached hydrogens (tertiary/aromatic N) is 1. The molecule has 1 N–H and O–H groups in total. The zero-order valence-corrected chi connectivity index (χ0v) is 13.2. The van der Waals surface area contributed by atoms with E-state index in [9.17, 15) is 0 Å². The van der Waals surface area contributed by atoms with Gasteiger partial charge in [-0.2, -0.15) is 0 Å². The van der Waals surface area contributed by atoms with Crippen molar-refractivity contribution in [2.45, 2.75) is 26.5 Å². The molecule has 0 aliphatic rings. The Morgan fingerprint density at radius 3 is 2.90 bits per heavy atom. The molecule has 1 aromatic carbocycles. The van der Waals surface area contributed by atoms with Gasteiger partial charge >= 0.3 is 0 Å². The molecule has 3 nitrogen and oxygen atoms in total. The van der Waals surface area contributed by atoms with Gasteiger partial charge in [0.15, 0.2) is 0 Å². The standard InChI is InChI=1S/C16H19BrN2O/c1-2-7-18-11-13-6-8-19-16(10-13)20-12-14-4-3-5-15(17)9-14/h3-6,8-10,18H,2,7,11-12H2,1H3. The van der Waals surface area contributed by atoms with Gasteiger partial charge in [0.2, 0.25) is 5.88 Å². The molecule has 0 unspecified atom stereocenters. The number of halogens is 1. The first kappa shape index (κ1) is 15.0. The Hall–Kier alpha value is -1.39. The van der Waals surface area contributed by atoms with Crippen molar-refractivity contribution in [3.63, 3.8) is 0 Å². The predicted octanol–water partition coefficient (Wildman–Crippen LogP) is 3.92. The fraction of sp³-hybridized carbons (Fsp3) is 0.312. The van der Waals surface area contributed by atoms with Crippen molar-refractivity contribution in [1.82, 2.24) is 10.3 Å². The highest BCUT2D eigenvalue weighted by atomic mass is 79.9. The highest BCUT2D eigenvalue weighted by molar-refractivity contribution is 9.10. The number of benzene rings is 1. The molecule has 0 bridgehead atoms. The van der Waals surface area contributed by atoms with E-state index in [1.54, 1.807) is 6.20 Å². The second-order valence-corrected chi connectivity index (χ2v) is 5.51. The number of ether oxygens (including phenoxy) is 1. The van der Waals surface area contributed by atoms with Crippen LogP contribution < -0.4 is 10.1 Å². The molecule has 1 heterocycles. The summed E-state index contributed by atoms with van der Waals surface area (Å²) in [5.74, 6) is 0.667. The van der Waals surface area contributed by atoms with E-state index >= 15 is 0 Å². The van der Waals surface area contributed by atoms with E-state index < -0.39 is 0 Å². The molecule has 2 aromatic rings. The smallest absolute Gasteiger partial charge is 0.213 e. The Labute approximate surface area is 128 Å². The van der Waals surface area contributed by atoms with Crippen LogP contribution in [0.25, 0.3) is 0 Å². The van der Waals surface area contributed by atoms with Gasteiger partial charge in [-0.05, 0) is 42.3 Å². The highest BCUT2D eigenvalue weighted by Gasteiger charge is 2.00. The largest absolute Gasteiger partial charge is 0.473 e. The summed E-state index contributed by atoms with van der Waals surface area (Å²) >= 11 is 3.46. The van der Waals surface area contributed by atoms with E-state index in [4.69, 9.17) is 4.74 Å². The first-order valence-electron chi connectivity index (χ1n) is 6.81. The molecule has 2 rings (SSSR count). The average Bonchev–Trinajstić information content (AvgIpc) is 2.46. The van der Waals surface area contributed by atoms with Crippen molar-refractivity contribution in [3.8, 4) is 5.88 Å². The van der Waals surface area contributed by atoms with Crippen LogP contribution in [-0.4, -0.2) is 11.5 Å². The van der Waals surface area contributed by atoms with E-state index in [2.05, 4.69) is 33.2 Å². The molecule has 0 atom stereocenters. The van der Waals surface area contributed by atoms with E-state index in [0.717, 1.165) is 29.5 Å². The Kier molecular flexibility index (Phi) is 6.02. The Morgan fingerprint density at radius 2 is 2.10 bits per heavy atom. The lowest BCUT2D eigenvalue weighted by molar-refractivity contribution is 0.293. The molecule has 0 aliphatic carbocycles. The summed E-state index contributed by atoms with van der Waals surface area (Å²) in [5.41, 5.74) is 2.31. The Bertz CT molecular complexity index is 546. The lowest BCUT2D eigenvalue weighted by Crippen LogP contribution is -2.13. The molecule has 0 spiro atoms. The summed E-state index contributed by atoms with van der Waals surface area (Å²) in [4.78, 5) is 4.24. The molecule has 0 radical (unpaired) electrons. The quantitative estimate of drug-likeness (QED) is 0.779. The number of pyridine rings is 1. The molecule has 4 heteroatoms. The molecule has 0 saturated carbocycles. The molecule has 1 aromatic heterocycles. The van der Waals surface area contributed by atoms with Gasteiger partial charge in [-0.1, -0.05) is 35.0 Å². The van der Waals surface area contributed by atoms with Crippen LogP contribution in [0.15, 0.2) is 47.1 Å². The summed E-state index contributed by atoms with van der Waals surface area (Å²) < 4.78 is 6.79. The zero-order chi connectivity index (χ0) is 14.2. The summed E-state index contributed by atoms with van der Waals surface area (Å²) in [6.07, 6.45) is 2.93. The predicted molar refractivity (Wildman–Crippen MR) is 84.7 cm³/mol. The maximum Gasteiger partial charge on any atom is 0.213 e. The van der Waals surface area contributed by atoms with Crippen molar-refractivity contribution < 1.29 is 4.74 Å². The topological polar surface area (TPSA) is 34.2 Å². The summed E-state index contributed by atoms with van der Waals surface area (Å²) in [5, 5.41) is 3.37.